The number of hydrogen-bond acceptors (Lipinski definition) is 3. The van der Waals surface area contributed by atoms with Gasteiger partial charge in [-0.3, -0.25) is 0 Å². The van der Waals surface area contributed by atoms with Crippen LogP contribution in [-0.2, 0) is 0 Å². The highest BCUT2D eigenvalue weighted by molar-refractivity contribution is 9.10. The predicted molar refractivity (Wildman–Crippen MR) is 75.9 cm³/mol. The molecule has 0 aliphatic heterocycles. The lowest BCUT2D eigenvalue weighted by molar-refractivity contribution is 1.24. The van der Waals surface area contributed by atoms with Gasteiger partial charge >= 0.3 is 0 Å². The Labute approximate surface area is 112 Å². The van der Waals surface area contributed by atoms with Crippen LogP contribution in [0.2, 0.25) is 5.02 Å². The average Bonchev–Trinajstić information content (AvgIpc) is 2.64. The Morgan fingerprint density at radius 1 is 1.44 bits per heavy atom. The molecule has 0 spiro atoms. The maximum absolute atomic E-state index is 6.15. The van der Waals surface area contributed by atoms with Crippen molar-refractivity contribution in [1.29, 1.82) is 0 Å². The van der Waals surface area contributed by atoms with E-state index in [1.807, 2.05) is 41.6 Å². The summed E-state index contributed by atoms with van der Waals surface area (Å²) in [5.41, 5.74) is 7.46. The summed E-state index contributed by atoms with van der Waals surface area (Å²) < 4.78 is 1.06. The number of hydrogen-bond donors (Lipinski definition) is 1. The molecule has 2 rings (SSSR count). The fourth-order valence-corrected chi connectivity index (χ4v) is 3.18. The molecular formula is C11H10BrClN2S. The molecule has 0 amide bonds. The first-order valence-electron chi connectivity index (χ1n) is 4.61. The van der Waals surface area contributed by atoms with E-state index < -0.39 is 0 Å². The maximum Gasteiger partial charge on any atom is 0.0963 e. The van der Waals surface area contributed by atoms with E-state index in [0.717, 1.165) is 15.2 Å². The minimum absolute atomic E-state index is 0.659. The van der Waals surface area contributed by atoms with Gasteiger partial charge in [-0.05, 0) is 34.1 Å². The minimum Gasteiger partial charge on any atom is -0.397 e. The standard InChI is InChI=1S/C11H10BrClN2S/c1-15(10-5-7(12)6-16-10)11-8(13)3-2-4-9(11)14/h2-6H,14H2,1H3. The monoisotopic (exact) mass is 316 g/mol. The minimum atomic E-state index is 0.659. The lowest BCUT2D eigenvalue weighted by Crippen LogP contribution is -2.10. The van der Waals surface area contributed by atoms with Crippen LogP contribution in [0.3, 0.4) is 0 Å². The van der Waals surface area contributed by atoms with Crippen LogP contribution >= 0.6 is 38.9 Å². The number of halogens is 2. The van der Waals surface area contributed by atoms with E-state index in [-0.39, 0.29) is 0 Å². The second-order valence-electron chi connectivity index (χ2n) is 3.34. The fourth-order valence-electron chi connectivity index (χ4n) is 1.47. The van der Waals surface area contributed by atoms with E-state index in [1.165, 1.54) is 0 Å². The molecule has 1 aromatic carbocycles. The second kappa shape index (κ2) is 4.65. The van der Waals surface area contributed by atoms with Crippen molar-refractivity contribution in [2.75, 3.05) is 17.7 Å². The smallest absolute Gasteiger partial charge is 0.0963 e. The zero-order valence-electron chi connectivity index (χ0n) is 8.58. The number of para-hydroxylation sites is 1. The number of anilines is 3. The molecule has 0 aliphatic rings. The van der Waals surface area contributed by atoms with Gasteiger partial charge in [0.2, 0.25) is 0 Å². The van der Waals surface area contributed by atoms with Gasteiger partial charge in [0.1, 0.15) is 0 Å². The first-order valence-corrected chi connectivity index (χ1v) is 6.66. The fraction of sp³-hybridized carbons (Fsp3) is 0.0909. The summed E-state index contributed by atoms with van der Waals surface area (Å²) in [5, 5.41) is 3.78. The van der Waals surface area contributed by atoms with Crippen molar-refractivity contribution in [3.05, 3.63) is 39.1 Å². The zero-order valence-corrected chi connectivity index (χ0v) is 11.7. The number of nitrogen functional groups attached to an aromatic ring is 1. The Bertz CT molecular complexity index is 492. The van der Waals surface area contributed by atoms with E-state index in [4.69, 9.17) is 17.3 Å². The quantitative estimate of drug-likeness (QED) is 0.826. The first kappa shape index (κ1) is 11.8. The van der Waals surface area contributed by atoms with E-state index in [0.29, 0.717) is 10.7 Å². The van der Waals surface area contributed by atoms with Crippen molar-refractivity contribution in [3.8, 4) is 0 Å². The Hall–Kier alpha value is -0.710. The first-order chi connectivity index (χ1) is 7.59. The van der Waals surface area contributed by atoms with Gasteiger partial charge in [-0.25, -0.2) is 0 Å². The van der Waals surface area contributed by atoms with Gasteiger partial charge in [0.25, 0.3) is 0 Å². The SMILES string of the molecule is CN(c1cc(Br)cs1)c1c(N)cccc1Cl. The molecule has 5 heteroatoms. The molecule has 0 atom stereocenters. The van der Waals surface area contributed by atoms with Gasteiger partial charge in [0.15, 0.2) is 0 Å². The highest BCUT2D eigenvalue weighted by atomic mass is 79.9. The lowest BCUT2D eigenvalue weighted by Gasteiger charge is -2.20. The number of benzene rings is 1. The molecule has 16 heavy (non-hydrogen) atoms. The number of rotatable bonds is 2. The summed E-state index contributed by atoms with van der Waals surface area (Å²) in [5.74, 6) is 0. The van der Waals surface area contributed by atoms with E-state index in [2.05, 4.69) is 15.9 Å². The summed E-state index contributed by atoms with van der Waals surface area (Å²) in [6.07, 6.45) is 0. The van der Waals surface area contributed by atoms with Crippen molar-refractivity contribution in [1.82, 2.24) is 0 Å². The Morgan fingerprint density at radius 3 is 2.75 bits per heavy atom. The van der Waals surface area contributed by atoms with Crippen molar-refractivity contribution < 1.29 is 0 Å². The third-order valence-electron chi connectivity index (χ3n) is 2.24. The van der Waals surface area contributed by atoms with Crippen LogP contribution in [0.4, 0.5) is 16.4 Å². The molecule has 1 aromatic heterocycles. The number of nitrogens with two attached hydrogens (primary N) is 1. The summed E-state index contributed by atoms with van der Waals surface area (Å²) in [7, 11) is 1.95. The van der Waals surface area contributed by atoms with Crippen LogP contribution in [0.15, 0.2) is 34.1 Å². The highest BCUT2D eigenvalue weighted by Crippen LogP contribution is 2.38. The lowest BCUT2D eigenvalue weighted by atomic mass is 10.2. The summed E-state index contributed by atoms with van der Waals surface area (Å²) in [6.45, 7) is 0. The van der Waals surface area contributed by atoms with Crippen molar-refractivity contribution >= 4 is 55.2 Å². The van der Waals surface area contributed by atoms with E-state index in [1.54, 1.807) is 11.3 Å². The summed E-state index contributed by atoms with van der Waals surface area (Å²) in [4.78, 5) is 1.99. The van der Waals surface area contributed by atoms with Crippen LogP contribution in [0.25, 0.3) is 0 Å². The zero-order chi connectivity index (χ0) is 11.7. The number of nitrogens with zero attached hydrogens (tertiary/aromatic N) is 1. The summed E-state index contributed by atoms with van der Waals surface area (Å²) in [6, 6.07) is 7.57. The molecule has 2 N–H and O–H groups in total. The molecular weight excluding hydrogens is 308 g/mol. The van der Waals surface area contributed by atoms with Gasteiger partial charge in [0, 0.05) is 16.9 Å². The van der Waals surface area contributed by atoms with Crippen LogP contribution in [0, 0.1) is 0 Å². The molecule has 1 heterocycles. The third kappa shape index (κ3) is 2.19. The van der Waals surface area contributed by atoms with Gasteiger partial charge in [-0.2, -0.15) is 0 Å². The van der Waals surface area contributed by atoms with Crippen LogP contribution in [-0.4, -0.2) is 7.05 Å². The molecule has 0 unspecified atom stereocenters. The van der Waals surface area contributed by atoms with Crippen LogP contribution < -0.4 is 10.6 Å². The number of thiophene rings is 1. The molecule has 0 fully saturated rings. The largest absolute Gasteiger partial charge is 0.397 e. The van der Waals surface area contributed by atoms with E-state index in [9.17, 15) is 0 Å². The average molecular weight is 318 g/mol. The predicted octanol–water partition coefficient (Wildman–Crippen LogP) is 4.51. The molecule has 0 bridgehead atoms. The molecule has 0 saturated heterocycles. The molecule has 84 valence electrons. The molecule has 0 aliphatic carbocycles. The van der Waals surface area contributed by atoms with Crippen LogP contribution in [0.1, 0.15) is 0 Å². The van der Waals surface area contributed by atoms with Gasteiger partial charge in [-0.1, -0.05) is 17.7 Å². The van der Waals surface area contributed by atoms with Crippen molar-refractivity contribution in [2.24, 2.45) is 0 Å². The summed E-state index contributed by atoms with van der Waals surface area (Å²) >= 11 is 11.2. The highest BCUT2D eigenvalue weighted by Gasteiger charge is 2.12. The van der Waals surface area contributed by atoms with Gasteiger partial charge < -0.3 is 10.6 Å². The molecule has 0 radical (unpaired) electrons. The van der Waals surface area contributed by atoms with Crippen LogP contribution in [0.5, 0.6) is 0 Å². The topological polar surface area (TPSA) is 29.3 Å². The van der Waals surface area contributed by atoms with E-state index >= 15 is 0 Å². The third-order valence-corrected chi connectivity index (χ3v) is 4.31. The normalized spacial score (nSPS) is 10.4. The maximum atomic E-state index is 6.15. The Morgan fingerprint density at radius 2 is 2.19 bits per heavy atom. The Kier molecular flexibility index (Phi) is 3.42. The Balaban J connectivity index is 2.45. The molecule has 2 aromatic rings. The molecule has 2 nitrogen and oxygen atoms in total. The second-order valence-corrected chi connectivity index (χ2v) is 5.55. The van der Waals surface area contributed by atoms with Gasteiger partial charge in [-0.15, -0.1) is 11.3 Å². The molecule has 0 saturated carbocycles. The van der Waals surface area contributed by atoms with Crippen molar-refractivity contribution in [3.63, 3.8) is 0 Å². The van der Waals surface area contributed by atoms with Crippen molar-refractivity contribution in [2.45, 2.75) is 0 Å². The van der Waals surface area contributed by atoms with Gasteiger partial charge in [0.05, 0.1) is 21.4 Å².